The molecule has 0 amide bonds. The molecule has 1 atom stereocenters. The third-order valence-electron chi connectivity index (χ3n) is 2.47. The molecule has 0 aliphatic rings. The number of alkyl halides is 2. The predicted molar refractivity (Wildman–Crippen MR) is 93.3 cm³/mol. The van der Waals surface area contributed by atoms with Crippen LogP contribution in [0.25, 0.3) is 0 Å². The molecular formula is C13H19ClF2IN3O2. The summed E-state index contributed by atoms with van der Waals surface area (Å²) in [7, 11) is 1.57. The molecule has 0 heterocycles. The van der Waals surface area contributed by atoms with Crippen LogP contribution in [0, 0.1) is 0 Å². The molecule has 0 bridgehead atoms. The van der Waals surface area contributed by atoms with Crippen LogP contribution < -0.4 is 15.8 Å². The van der Waals surface area contributed by atoms with E-state index >= 15 is 0 Å². The molecule has 1 rings (SSSR count). The average molecular weight is 450 g/mol. The summed E-state index contributed by atoms with van der Waals surface area (Å²) >= 11 is 5.84. The van der Waals surface area contributed by atoms with Gasteiger partial charge in [-0.15, -0.1) is 24.0 Å². The molecule has 5 nitrogen and oxygen atoms in total. The maximum atomic E-state index is 12.3. The van der Waals surface area contributed by atoms with Gasteiger partial charge >= 0.3 is 6.61 Å². The average Bonchev–Trinajstić information content (AvgIpc) is 2.38. The van der Waals surface area contributed by atoms with Crippen LogP contribution in [0.1, 0.15) is 12.5 Å². The highest BCUT2D eigenvalue weighted by Crippen LogP contribution is 2.25. The zero-order chi connectivity index (χ0) is 15.8. The molecule has 0 spiro atoms. The summed E-state index contributed by atoms with van der Waals surface area (Å²) in [6, 6.07) is 4.33. The first-order valence-electron chi connectivity index (χ1n) is 6.21. The number of nitrogens with zero attached hydrogens (tertiary/aromatic N) is 1. The maximum absolute atomic E-state index is 12.3. The van der Waals surface area contributed by atoms with Crippen molar-refractivity contribution in [2.75, 3.05) is 13.7 Å². The highest BCUT2D eigenvalue weighted by atomic mass is 127. The molecule has 0 aliphatic carbocycles. The van der Waals surface area contributed by atoms with Crippen LogP contribution in [0.15, 0.2) is 23.2 Å². The first-order chi connectivity index (χ1) is 9.92. The third-order valence-corrected chi connectivity index (χ3v) is 2.70. The first kappa shape index (κ1) is 21.1. The summed E-state index contributed by atoms with van der Waals surface area (Å²) in [6.07, 6.45) is 0. The SMILES string of the molecule is COCC(C)NC(N)=NCc1cc(Cl)ccc1OC(F)F.I. The van der Waals surface area contributed by atoms with E-state index in [2.05, 4.69) is 15.0 Å². The molecule has 126 valence electrons. The van der Waals surface area contributed by atoms with Crippen molar-refractivity contribution in [3.8, 4) is 5.75 Å². The van der Waals surface area contributed by atoms with E-state index in [-0.39, 0.29) is 48.3 Å². The van der Waals surface area contributed by atoms with Gasteiger partial charge in [0.05, 0.1) is 13.2 Å². The molecule has 0 aromatic heterocycles. The lowest BCUT2D eigenvalue weighted by atomic mass is 10.2. The molecule has 1 aromatic carbocycles. The molecular weight excluding hydrogens is 431 g/mol. The van der Waals surface area contributed by atoms with Gasteiger partial charge < -0.3 is 20.5 Å². The number of hydrogen-bond acceptors (Lipinski definition) is 3. The first-order valence-corrected chi connectivity index (χ1v) is 6.58. The minimum Gasteiger partial charge on any atom is -0.434 e. The van der Waals surface area contributed by atoms with Gasteiger partial charge in [-0.3, -0.25) is 0 Å². The van der Waals surface area contributed by atoms with Gasteiger partial charge in [0.15, 0.2) is 5.96 Å². The second-order valence-corrected chi connectivity index (χ2v) is 4.77. The van der Waals surface area contributed by atoms with E-state index in [0.717, 1.165) is 0 Å². The summed E-state index contributed by atoms with van der Waals surface area (Å²) < 4.78 is 34.0. The minimum absolute atomic E-state index is 0. The van der Waals surface area contributed by atoms with Crippen molar-refractivity contribution in [3.05, 3.63) is 28.8 Å². The monoisotopic (exact) mass is 449 g/mol. The Balaban J connectivity index is 0.00000441. The minimum atomic E-state index is -2.91. The molecule has 0 radical (unpaired) electrons. The highest BCUT2D eigenvalue weighted by Gasteiger charge is 2.10. The Bertz CT molecular complexity index is 492. The standard InChI is InChI=1S/C13H18ClF2N3O2.HI/c1-8(7-20-2)19-13(17)18-6-9-5-10(14)3-4-11(9)21-12(15)16;/h3-5,8,12H,6-7H2,1-2H3,(H3,17,18,19);1H. The van der Waals surface area contributed by atoms with E-state index in [1.165, 1.54) is 18.2 Å². The van der Waals surface area contributed by atoms with Gasteiger partial charge in [0.2, 0.25) is 0 Å². The molecule has 1 aromatic rings. The number of methoxy groups -OCH3 is 1. The Morgan fingerprint density at radius 1 is 1.45 bits per heavy atom. The predicted octanol–water partition coefficient (Wildman–Crippen LogP) is 3.00. The second-order valence-electron chi connectivity index (χ2n) is 4.33. The summed E-state index contributed by atoms with van der Waals surface area (Å²) in [5, 5.41) is 3.31. The lowest BCUT2D eigenvalue weighted by molar-refractivity contribution is -0.0504. The van der Waals surface area contributed by atoms with Crippen LogP contribution >= 0.6 is 35.6 Å². The summed E-state index contributed by atoms with van der Waals surface area (Å²) in [4.78, 5) is 4.07. The van der Waals surface area contributed by atoms with Crippen molar-refractivity contribution in [1.29, 1.82) is 0 Å². The van der Waals surface area contributed by atoms with Crippen LogP contribution in [0.5, 0.6) is 5.75 Å². The lowest BCUT2D eigenvalue weighted by Gasteiger charge is -2.14. The molecule has 0 fully saturated rings. The number of ether oxygens (including phenoxy) is 2. The van der Waals surface area contributed by atoms with Gasteiger partial charge in [0.1, 0.15) is 5.75 Å². The molecule has 0 saturated heterocycles. The van der Waals surface area contributed by atoms with Gasteiger partial charge in [-0.25, -0.2) is 4.99 Å². The Kier molecular flexibility index (Phi) is 10.4. The summed E-state index contributed by atoms with van der Waals surface area (Å²) in [5.74, 6) is 0.207. The maximum Gasteiger partial charge on any atom is 0.387 e. The highest BCUT2D eigenvalue weighted by molar-refractivity contribution is 14.0. The Morgan fingerprint density at radius 2 is 2.14 bits per heavy atom. The third kappa shape index (κ3) is 7.95. The van der Waals surface area contributed by atoms with E-state index in [1.807, 2.05) is 6.92 Å². The fraction of sp³-hybridized carbons (Fsp3) is 0.462. The molecule has 0 saturated carbocycles. The molecule has 9 heteroatoms. The van der Waals surface area contributed by atoms with Crippen molar-refractivity contribution < 1.29 is 18.3 Å². The number of aliphatic imine (C=N–C) groups is 1. The number of nitrogens with two attached hydrogens (primary N) is 1. The van der Waals surface area contributed by atoms with Crippen LogP contribution in [-0.4, -0.2) is 32.3 Å². The quantitative estimate of drug-likeness (QED) is 0.381. The van der Waals surface area contributed by atoms with Crippen LogP contribution in [-0.2, 0) is 11.3 Å². The normalized spacial score (nSPS) is 12.7. The van der Waals surface area contributed by atoms with Crippen molar-refractivity contribution in [2.24, 2.45) is 10.7 Å². The second kappa shape index (κ2) is 10.8. The fourth-order valence-electron chi connectivity index (χ4n) is 1.64. The van der Waals surface area contributed by atoms with Gasteiger partial charge in [-0.1, -0.05) is 11.6 Å². The Morgan fingerprint density at radius 3 is 2.73 bits per heavy atom. The van der Waals surface area contributed by atoms with Gasteiger partial charge in [0.25, 0.3) is 0 Å². The number of benzene rings is 1. The number of halogens is 4. The lowest BCUT2D eigenvalue weighted by Crippen LogP contribution is -2.40. The van der Waals surface area contributed by atoms with E-state index < -0.39 is 6.61 Å². The van der Waals surface area contributed by atoms with Gasteiger partial charge in [0, 0.05) is 23.7 Å². The van der Waals surface area contributed by atoms with Crippen LogP contribution in [0.4, 0.5) is 8.78 Å². The zero-order valence-electron chi connectivity index (χ0n) is 12.2. The van der Waals surface area contributed by atoms with E-state index in [9.17, 15) is 8.78 Å². The fourth-order valence-corrected chi connectivity index (χ4v) is 1.84. The zero-order valence-corrected chi connectivity index (χ0v) is 15.3. The topological polar surface area (TPSA) is 68.9 Å². The van der Waals surface area contributed by atoms with Crippen LogP contribution in [0.2, 0.25) is 5.02 Å². The summed E-state index contributed by atoms with van der Waals surface area (Å²) in [5.41, 5.74) is 6.13. The van der Waals surface area contributed by atoms with Gasteiger partial charge in [-0.2, -0.15) is 8.78 Å². The number of rotatable bonds is 7. The van der Waals surface area contributed by atoms with Crippen molar-refractivity contribution in [2.45, 2.75) is 26.1 Å². The Hall–Kier alpha value is -0.870. The largest absolute Gasteiger partial charge is 0.434 e. The van der Waals surface area contributed by atoms with E-state index in [4.69, 9.17) is 22.1 Å². The van der Waals surface area contributed by atoms with E-state index in [1.54, 1.807) is 7.11 Å². The van der Waals surface area contributed by atoms with Crippen molar-refractivity contribution >= 4 is 41.5 Å². The number of hydrogen-bond donors (Lipinski definition) is 2. The van der Waals surface area contributed by atoms with Crippen LogP contribution in [0.3, 0.4) is 0 Å². The number of nitrogens with one attached hydrogen (secondary N) is 1. The smallest absolute Gasteiger partial charge is 0.387 e. The molecule has 1 unspecified atom stereocenters. The molecule has 0 aliphatic heterocycles. The van der Waals surface area contributed by atoms with Crippen molar-refractivity contribution in [3.63, 3.8) is 0 Å². The van der Waals surface area contributed by atoms with Gasteiger partial charge in [-0.05, 0) is 25.1 Å². The summed E-state index contributed by atoms with van der Waals surface area (Å²) in [6.45, 7) is -0.503. The number of guanidine groups is 1. The molecule has 22 heavy (non-hydrogen) atoms. The van der Waals surface area contributed by atoms with E-state index in [0.29, 0.717) is 17.2 Å². The Labute approximate surface area is 150 Å². The van der Waals surface area contributed by atoms with Crippen molar-refractivity contribution in [1.82, 2.24) is 5.32 Å². The molecule has 3 N–H and O–H groups in total.